The Hall–Kier alpha value is -2.77. The van der Waals surface area contributed by atoms with Gasteiger partial charge in [0.15, 0.2) is 11.6 Å². The van der Waals surface area contributed by atoms with Gasteiger partial charge in [0.1, 0.15) is 6.10 Å². The number of ether oxygens (including phenoxy) is 2. The smallest absolute Gasteiger partial charge is 0.319 e. The molecule has 1 aromatic heterocycles. The van der Waals surface area contributed by atoms with E-state index in [9.17, 15) is 13.6 Å². The Balaban J connectivity index is 1.67. The highest BCUT2D eigenvalue weighted by Crippen LogP contribution is 2.20. The number of carbonyl (C=O) groups is 1. The van der Waals surface area contributed by atoms with Crippen molar-refractivity contribution in [2.24, 2.45) is 0 Å². The van der Waals surface area contributed by atoms with E-state index in [4.69, 9.17) is 9.47 Å². The van der Waals surface area contributed by atoms with E-state index in [1.165, 1.54) is 19.4 Å². The van der Waals surface area contributed by atoms with E-state index in [2.05, 4.69) is 9.97 Å². The van der Waals surface area contributed by atoms with Crippen LogP contribution in [0.25, 0.3) is 0 Å². The first-order chi connectivity index (χ1) is 12.1. The second-order valence-corrected chi connectivity index (χ2v) is 5.64. The van der Waals surface area contributed by atoms with E-state index in [1.54, 1.807) is 11.0 Å². The molecule has 6 nitrogen and oxygen atoms in total. The summed E-state index contributed by atoms with van der Waals surface area (Å²) in [5, 5.41) is 0. The topological polar surface area (TPSA) is 64.6 Å². The molecule has 1 aliphatic heterocycles. The Kier molecular flexibility index (Phi) is 5.06. The van der Waals surface area contributed by atoms with Gasteiger partial charge in [0, 0.05) is 24.4 Å². The zero-order chi connectivity index (χ0) is 17.8. The summed E-state index contributed by atoms with van der Waals surface area (Å²) in [5.41, 5.74) is 0.114. The molecule has 1 fully saturated rings. The first kappa shape index (κ1) is 17.1. The molecule has 8 heteroatoms. The lowest BCUT2D eigenvalue weighted by atomic mass is 10.1. The van der Waals surface area contributed by atoms with Crippen molar-refractivity contribution >= 4 is 5.91 Å². The number of piperidine rings is 1. The summed E-state index contributed by atoms with van der Waals surface area (Å²) in [7, 11) is 1.46. The van der Waals surface area contributed by atoms with Gasteiger partial charge in [0.25, 0.3) is 5.91 Å². The van der Waals surface area contributed by atoms with Crippen LogP contribution in [0, 0.1) is 11.6 Å². The van der Waals surface area contributed by atoms with Crippen LogP contribution in [0.4, 0.5) is 8.78 Å². The molecule has 0 radical (unpaired) electrons. The van der Waals surface area contributed by atoms with Gasteiger partial charge in [-0.3, -0.25) is 4.79 Å². The van der Waals surface area contributed by atoms with Gasteiger partial charge in [0.2, 0.25) is 5.88 Å². The number of methoxy groups -OCH3 is 1. The summed E-state index contributed by atoms with van der Waals surface area (Å²) in [6, 6.07) is 4.95. The normalized spacial score (nSPS) is 17.2. The average Bonchev–Trinajstić information content (AvgIpc) is 2.64. The summed E-state index contributed by atoms with van der Waals surface area (Å²) in [6.07, 6.45) is 2.77. The highest BCUT2D eigenvalue weighted by Gasteiger charge is 2.26. The fraction of sp³-hybridized carbons (Fsp3) is 0.353. The molecule has 1 atom stereocenters. The average molecular weight is 349 g/mol. The molecule has 1 saturated heterocycles. The number of hydrogen-bond acceptors (Lipinski definition) is 5. The maximum atomic E-state index is 13.3. The van der Waals surface area contributed by atoms with Gasteiger partial charge in [-0.15, -0.1) is 0 Å². The maximum absolute atomic E-state index is 13.3. The van der Waals surface area contributed by atoms with Crippen molar-refractivity contribution in [2.45, 2.75) is 18.9 Å². The van der Waals surface area contributed by atoms with Crippen molar-refractivity contribution in [1.29, 1.82) is 0 Å². The van der Waals surface area contributed by atoms with E-state index in [0.29, 0.717) is 19.0 Å². The number of amides is 1. The second-order valence-electron chi connectivity index (χ2n) is 5.64. The Morgan fingerprint density at radius 3 is 2.88 bits per heavy atom. The van der Waals surface area contributed by atoms with E-state index >= 15 is 0 Å². The largest absolute Gasteiger partial charge is 0.472 e. The molecule has 1 amide bonds. The zero-order valence-electron chi connectivity index (χ0n) is 13.6. The van der Waals surface area contributed by atoms with Crippen molar-refractivity contribution in [3.63, 3.8) is 0 Å². The summed E-state index contributed by atoms with van der Waals surface area (Å²) in [5.74, 6) is -2.01. The van der Waals surface area contributed by atoms with Crippen LogP contribution in [0.5, 0.6) is 11.9 Å². The van der Waals surface area contributed by atoms with Gasteiger partial charge >= 0.3 is 6.01 Å². The molecule has 0 N–H and O–H groups in total. The highest BCUT2D eigenvalue weighted by atomic mass is 19.2. The van der Waals surface area contributed by atoms with Crippen LogP contribution < -0.4 is 9.47 Å². The Labute approximate surface area is 143 Å². The summed E-state index contributed by atoms with van der Waals surface area (Å²) in [4.78, 5) is 22.1. The Morgan fingerprint density at radius 1 is 1.28 bits per heavy atom. The number of nitrogens with zero attached hydrogens (tertiary/aromatic N) is 3. The van der Waals surface area contributed by atoms with Gasteiger partial charge in [-0.2, -0.15) is 4.98 Å². The van der Waals surface area contributed by atoms with Crippen molar-refractivity contribution in [1.82, 2.24) is 14.9 Å². The number of halogens is 2. The number of aromatic nitrogens is 2. The molecular weight excluding hydrogens is 332 g/mol. The first-order valence-electron chi connectivity index (χ1n) is 7.85. The highest BCUT2D eigenvalue weighted by molar-refractivity contribution is 5.94. The molecule has 0 bridgehead atoms. The molecule has 0 aliphatic carbocycles. The van der Waals surface area contributed by atoms with E-state index in [-0.39, 0.29) is 23.6 Å². The molecule has 1 unspecified atom stereocenters. The van der Waals surface area contributed by atoms with Crippen LogP contribution in [-0.2, 0) is 0 Å². The van der Waals surface area contributed by atoms with Crippen molar-refractivity contribution in [2.75, 3.05) is 20.2 Å². The van der Waals surface area contributed by atoms with Crippen LogP contribution in [0.15, 0.2) is 30.5 Å². The standard InChI is InChI=1S/C17H17F2N3O3/c1-24-17-20-7-6-15(21-17)25-12-3-2-8-22(10-12)16(23)11-4-5-13(18)14(19)9-11/h4-7,9,12H,2-3,8,10H2,1H3. The first-order valence-corrected chi connectivity index (χ1v) is 7.85. The predicted octanol–water partition coefficient (Wildman–Crippen LogP) is 2.45. The van der Waals surface area contributed by atoms with E-state index < -0.39 is 11.6 Å². The van der Waals surface area contributed by atoms with Gasteiger partial charge < -0.3 is 14.4 Å². The third-order valence-electron chi connectivity index (χ3n) is 3.91. The maximum Gasteiger partial charge on any atom is 0.319 e. The monoisotopic (exact) mass is 349 g/mol. The zero-order valence-corrected chi connectivity index (χ0v) is 13.6. The van der Waals surface area contributed by atoms with Crippen molar-refractivity contribution in [3.8, 4) is 11.9 Å². The number of carbonyl (C=O) groups excluding carboxylic acids is 1. The molecule has 3 rings (SSSR count). The molecular formula is C17H17F2N3O3. The second kappa shape index (κ2) is 7.42. The van der Waals surface area contributed by atoms with Gasteiger partial charge in [-0.05, 0) is 31.0 Å². The molecule has 2 heterocycles. The summed E-state index contributed by atoms with van der Waals surface area (Å²) < 4.78 is 37.1. The summed E-state index contributed by atoms with van der Waals surface area (Å²) >= 11 is 0. The predicted molar refractivity (Wildman–Crippen MR) is 84.5 cm³/mol. The SMILES string of the molecule is COc1nccc(OC2CCCN(C(=O)c3ccc(F)c(F)c3)C2)n1. The van der Waals surface area contributed by atoms with E-state index in [0.717, 1.165) is 25.0 Å². The molecule has 0 spiro atoms. The van der Waals surface area contributed by atoms with Crippen LogP contribution in [0.3, 0.4) is 0 Å². The molecule has 132 valence electrons. The number of likely N-dealkylation sites (tertiary alicyclic amines) is 1. The molecule has 2 aromatic rings. The number of rotatable bonds is 4. The molecule has 1 aromatic carbocycles. The number of benzene rings is 1. The van der Waals surface area contributed by atoms with Crippen molar-refractivity contribution < 1.29 is 23.0 Å². The van der Waals surface area contributed by atoms with Crippen LogP contribution in [0.1, 0.15) is 23.2 Å². The van der Waals surface area contributed by atoms with Gasteiger partial charge in [-0.1, -0.05) is 0 Å². The van der Waals surface area contributed by atoms with Crippen LogP contribution in [0.2, 0.25) is 0 Å². The molecule has 0 saturated carbocycles. The lowest BCUT2D eigenvalue weighted by Crippen LogP contribution is -2.44. The lowest BCUT2D eigenvalue weighted by Gasteiger charge is -2.32. The fourth-order valence-electron chi connectivity index (χ4n) is 2.69. The minimum Gasteiger partial charge on any atom is -0.472 e. The van der Waals surface area contributed by atoms with Crippen molar-refractivity contribution in [3.05, 3.63) is 47.7 Å². The Morgan fingerprint density at radius 2 is 2.12 bits per heavy atom. The third-order valence-corrected chi connectivity index (χ3v) is 3.91. The number of hydrogen-bond donors (Lipinski definition) is 0. The minimum absolute atomic E-state index is 0.114. The quantitative estimate of drug-likeness (QED) is 0.848. The van der Waals surface area contributed by atoms with Gasteiger partial charge in [-0.25, -0.2) is 13.8 Å². The molecule has 1 aliphatic rings. The van der Waals surface area contributed by atoms with Crippen LogP contribution >= 0.6 is 0 Å². The Bertz CT molecular complexity index is 773. The van der Waals surface area contributed by atoms with E-state index in [1.807, 2.05) is 0 Å². The molecule has 25 heavy (non-hydrogen) atoms. The third kappa shape index (κ3) is 4.01. The lowest BCUT2D eigenvalue weighted by molar-refractivity contribution is 0.0525. The van der Waals surface area contributed by atoms with Gasteiger partial charge in [0.05, 0.1) is 13.7 Å². The summed E-state index contributed by atoms with van der Waals surface area (Å²) in [6.45, 7) is 0.870. The fourth-order valence-corrected chi connectivity index (χ4v) is 2.69. The van der Waals surface area contributed by atoms with Crippen LogP contribution in [-0.4, -0.2) is 47.1 Å². The minimum atomic E-state index is -1.04.